The number of benzene rings is 2. The molecule has 0 aliphatic carbocycles. The number of nitrogens with zero attached hydrogens (tertiary/aromatic N) is 2. The summed E-state index contributed by atoms with van der Waals surface area (Å²) < 4.78 is 8.42. The Kier molecular flexibility index (Phi) is 2.92. The van der Waals surface area contributed by atoms with Gasteiger partial charge < -0.3 is 4.42 Å². The number of rotatable bonds is 1. The Balaban J connectivity index is 1.94. The van der Waals surface area contributed by atoms with Crippen LogP contribution in [-0.4, -0.2) is 4.98 Å². The Hall–Kier alpha value is -3.20. The molecule has 0 aliphatic rings. The molecule has 0 saturated carbocycles. The quantitative estimate of drug-likeness (QED) is 0.409. The van der Waals surface area contributed by atoms with E-state index in [2.05, 4.69) is 67.2 Å². The van der Waals surface area contributed by atoms with E-state index < -0.39 is 0 Å². The zero-order chi connectivity index (χ0) is 17.0. The third kappa shape index (κ3) is 2.06. The summed E-state index contributed by atoms with van der Waals surface area (Å²) in [7, 11) is 2.05. The maximum atomic E-state index is 6.30. The van der Waals surface area contributed by atoms with Crippen LogP contribution in [0, 0.1) is 6.92 Å². The van der Waals surface area contributed by atoms with Gasteiger partial charge in [0.2, 0.25) is 5.58 Å². The molecule has 3 heteroatoms. The highest BCUT2D eigenvalue weighted by atomic mass is 16.3. The van der Waals surface area contributed by atoms with E-state index >= 15 is 0 Å². The number of hydrogen-bond acceptors (Lipinski definition) is 2. The summed E-state index contributed by atoms with van der Waals surface area (Å²) in [5.74, 6) is 0. The van der Waals surface area contributed by atoms with Gasteiger partial charge in [0.15, 0.2) is 11.8 Å². The van der Waals surface area contributed by atoms with Crippen molar-refractivity contribution in [3.8, 4) is 11.3 Å². The van der Waals surface area contributed by atoms with Crippen LogP contribution in [0.25, 0.3) is 44.2 Å². The largest absolute Gasteiger partial charge is 0.447 e. The molecule has 0 amide bonds. The smallest absolute Gasteiger partial charge is 0.256 e. The van der Waals surface area contributed by atoms with Gasteiger partial charge in [-0.25, -0.2) is 4.98 Å². The summed E-state index contributed by atoms with van der Waals surface area (Å²) in [6.07, 6.45) is 2.08. The molecular weight excluding hydrogens is 308 g/mol. The fraction of sp³-hybridized carbons (Fsp3) is 0.0909. The molecule has 25 heavy (non-hydrogen) atoms. The average Bonchev–Trinajstić information content (AvgIpc) is 2.98. The van der Waals surface area contributed by atoms with E-state index in [1.807, 2.05) is 18.2 Å². The summed E-state index contributed by atoms with van der Waals surface area (Å²) in [4.78, 5) is 4.85. The number of aromatic nitrogens is 2. The first-order valence-electron chi connectivity index (χ1n) is 8.39. The summed E-state index contributed by atoms with van der Waals surface area (Å²) in [5.41, 5.74) is 7.11. The molecule has 0 spiro atoms. The van der Waals surface area contributed by atoms with E-state index in [0.29, 0.717) is 0 Å². The molecule has 0 N–H and O–H groups in total. The molecule has 5 aromatic rings. The highest BCUT2D eigenvalue weighted by Gasteiger charge is 2.22. The number of hydrogen-bond donors (Lipinski definition) is 0. The first-order valence-corrected chi connectivity index (χ1v) is 8.39. The predicted molar refractivity (Wildman–Crippen MR) is 100 cm³/mol. The number of fused-ring (bicyclic) bond motifs is 4. The van der Waals surface area contributed by atoms with Crippen LogP contribution in [0.15, 0.2) is 71.3 Å². The van der Waals surface area contributed by atoms with Gasteiger partial charge in [0.25, 0.3) is 5.69 Å². The molecule has 0 fully saturated rings. The van der Waals surface area contributed by atoms with Gasteiger partial charge in [-0.05, 0) is 30.7 Å². The average molecular weight is 325 g/mol. The minimum absolute atomic E-state index is 0.828. The monoisotopic (exact) mass is 325 g/mol. The van der Waals surface area contributed by atoms with Crippen molar-refractivity contribution in [2.45, 2.75) is 6.92 Å². The van der Waals surface area contributed by atoms with Crippen LogP contribution >= 0.6 is 0 Å². The summed E-state index contributed by atoms with van der Waals surface area (Å²) in [5, 5.41) is 2.15. The molecule has 5 rings (SSSR count). The molecule has 0 aliphatic heterocycles. The molecule has 2 aromatic carbocycles. The Labute approximate surface area is 145 Å². The highest BCUT2D eigenvalue weighted by molar-refractivity contribution is 6.08. The number of aryl methyl sites for hydroxylation is 2. The zero-order valence-corrected chi connectivity index (χ0v) is 14.2. The minimum Gasteiger partial charge on any atom is -0.447 e. The SMILES string of the molecule is Cc1ccccc1-c1c2oc3cc4ccccc4nc3c2cc[n+]1C. The molecular formula is C22H17N2O+. The topological polar surface area (TPSA) is 29.9 Å². The summed E-state index contributed by atoms with van der Waals surface area (Å²) in [6.45, 7) is 2.13. The van der Waals surface area contributed by atoms with Crippen molar-refractivity contribution in [1.82, 2.24) is 4.98 Å². The van der Waals surface area contributed by atoms with E-state index in [0.717, 1.165) is 38.7 Å². The van der Waals surface area contributed by atoms with E-state index in [4.69, 9.17) is 9.40 Å². The van der Waals surface area contributed by atoms with E-state index in [1.165, 1.54) is 11.1 Å². The van der Waals surface area contributed by atoms with Gasteiger partial charge in [0.1, 0.15) is 12.6 Å². The van der Waals surface area contributed by atoms with Gasteiger partial charge in [-0.3, -0.25) is 0 Å². The van der Waals surface area contributed by atoms with Crippen molar-refractivity contribution in [2.75, 3.05) is 0 Å². The number of furan rings is 1. The predicted octanol–water partition coefficient (Wildman–Crippen LogP) is 4.93. The second-order valence-corrected chi connectivity index (χ2v) is 6.46. The molecule has 0 saturated heterocycles. The lowest BCUT2D eigenvalue weighted by molar-refractivity contribution is -0.659. The minimum atomic E-state index is 0.828. The van der Waals surface area contributed by atoms with Crippen molar-refractivity contribution in [3.05, 3.63) is 72.4 Å². The lowest BCUT2D eigenvalue weighted by Gasteiger charge is -2.04. The number of para-hydroxylation sites is 1. The van der Waals surface area contributed by atoms with Gasteiger partial charge in [0, 0.05) is 11.5 Å². The van der Waals surface area contributed by atoms with Crippen molar-refractivity contribution in [3.63, 3.8) is 0 Å². The molecule has 120 valence electrons. The second kappa shape index (κ2) is 5.15. The molecule has 0 atom stereocenters. The van der Waals surface area contributed by atoms with Gasteiger partial charge in [-0.1, -0.05) is 36.4 Å². The Bertz CT molecular complexity index is 1270. The Morgan fingerprint density at radius 2 is 1.76 bits per heavy atom. The molecule has 0 radical (unpaired) electrons. The molecule has 3 heterocycles. The standard InChI is InChI=1S/C22H17N2O/c1-14-7-3-5-9-16(14)21-22-17(11-12-24(21)2)20-19(25-22)13-15-8-4-6-10-18(15)23-20/h3-13H,1-2H3/q+1. The third-order valence-corrected chi connectivity index (χ3v) is 4.83. The number of pyridine rings is 2. The highest BCUT2D eigenvalue weighted by Crippen LogP contribution is 2.34. The maximum absolute atomic E-state index is 6.30. The Morgan fingerprint density at radius 3 is 2.64 bits per heavy atom. The van der Waals surface area contributed by atoms with Gasteiger partial charge in [-0.15, -0.1) is 0 Å². The van der Waals surface area contributed by atoms with Crippen LogP contribution in [-0.2, 0) is 7.05 Å². The van der Waals surface area contributed by atoms with Crippen LogP contribution < -0.4 is 4.57 Å². The fourth-order valence-corrected chi connectivity index (χ4v) is 3.54. The lowest BCUT2D eigenvalue weighted by Crippen LogP contribution is -2.30. The first kappa shape index (κ1) is 14.2. The van der Waals surface area contributed by atoms with Gasteiger partial charge in [0.05, 0.1) is 16.5 Å². The molecule has 3 aromatic heterocycles. The lowest BCUT2D eigenvalue weighted by atomic mass is 10.0. The van der Waals surface area contributed by atoms with Crippen molar-refractivity contribution < 1.29 is 8.98 Å². The van der Waals surface area contributed by atoms with Crippen molar-refractivity contribution >= 4 is 33.0 Å². The molecule has 0 unspecified atom stereocenters. The zero-order valence-electron chi connectivity index (χ0n) is 14.2. The second-order valence-electron chi connectivity index (χ2n) is 6.46. The van der Waals surface area contributed by atoms with Crippen LogP contribution in [0.3, 0.4) is 0 Å². The van der Waals surface area contributed by atoms with E-state index in [1.54, 1.807) is 0 Å². The van der Waals surface area contributed by atoms with Crippen LogP contribution in [0.1, 0.15) is 5.56 Å². The van der Waals surface area contributed by atoms with E-state index in [9.17, 15) is 0 Å². The molecule has 3 nitrogen and oxygen atoms in total. The third-order valence-electron chi connectivity index (χ3n) is 4.83. The maximum Gasteiger partial charge on any atom is 0.256 e. The van der Waals surface area contributed by atoms with Crippen molar-refractivity contribution in [2.24, 2.45) is 7.05 Å². The first-order chi connectivity index (χ1) is 12.2. The van der Waals surface area contributed by atoms with Crippen LogP contribution in [0.2, 0.25) is 0 Å². The molecule has 0 bridgehead atoms. The van der Waals surface area contributed by atoms with Crippen LogP contribution in [0.5, 0.6) is 0 Å². The summed E-state index contributed by atoms with van der Waals surface area (Å²) >= 11 is 0. The Morgan fingerprint density at radius 1 is 0.960 bits per heavy atom. The van der Waals surface area contributed by atoms with Gasteiger partial charge in [-0.2, -0.15) is 4.57 Å². The fourth-order valence-electron chi connectivity index (χ4n) is 3.54. The van der Waals surface area contributed by atoms with E-state index in [-0.39, 0.29) is 0 Å². The van der Waals surface area contributed by atoms with Crippen molar-refractivity contribution in [1.29, 1.82) is 0 Å². The van der Waals surface area contributed by atoms with Crippen LogP contribution in [0.4, 0.5) is 0 Å². The normalized spacial score (nSPS) is 11.6. The summed E-state index contributed by atoms with van der Waals surface area (Å²) in [6, 6.07) is 20.7. The van der Waals surface area contributed by atoms with Gasteiger partial charge >= 0.3 is 0 Å².